The molecule has 5 heteroatoms. The third-order valence-electron chi connectivity index (χ3n) is 3.79. The molecule has 0 saturated carbocycles. The molecule has 0 aliphatic carbocycles. The molecule has 0 aliphatic heterocycles. The monoisotopic (exact) mass is 345 g/mol. The van der Waals surface area contributed by atoms with Crippen LogP contribution in [-0.2, 0) is 4.79 Å². The van der Waals surface area contributed by atoms with E-state index in [1.165, 1.54) is 5.69 Å². The summed E-state index contributed by atoms with van der Waals surface area (Å²) in [5.41, 5.74) is 2.95. The number of nitrogens with one attached hydrogen (secondary N) is 2. The smallest absolute Gasteiger partial charge is 0.226 e. The summed E-state index contributed by atoms with van der Waals surface area (Å²) in [6.07, 6.45) is 0.393. The van der Waals surface area contributed by atoms with E-state index in [4.69, 9.17) is 11.6 Å². The zero-order chi connectivity index (χ0) is 17.4. The molecular formula is C19H24ClN3O. The number of halogens is 1. The van der Waals surface area contributed by atoms with Crippen molar-refractivity contribution in [1.82, 2.24) is 0 Å². The lowest BCUT2D eigenvalue weighted by Crippen LogP contribution is -2.21. The molecule has 1 amide bonds. The van der Waals surface area contributed by atoms with E-state index >= 15 is 0 Å². The van der Waals surface area contributed by atoms with E-state index in [1.54, 1.807) is 12.1 Å². The van der Waals surface area contributed by atoms with Crippen molar-refractivity contribution < 1.29 is 4.79 Å². The average Bonchev–Trinajstić information content (AvgIpc) is 2.57. The summed E-state index contributed by atoms with van der Waals surface area (Å²) in [6.45, 7) is 6.86. The molecule has 0 saturated heterocycles. The van der Waals surface area contributed by atoms with E-state index in [2.05, 4.69) is 41.5 Å². The number of carbonyl (C=O) groups is 1. The van der Waals surface area contributed by atoms with E-state index in [-0.39, 0.29) is 5.91 Å². The number of benzene rings is 2. The highest BCUT2D eigenvalue weighted by Gasteiger charge is 2.04. The molecule has 0 aromatic heterocycles. The fourth-order valence-electron chi connectivity index (χ4n) is 2.49. The van der Waals surface area contributed by atoms with Gasteiger partial charge in [0.15, 0.2) is 0 Å². The highest BCUT2D eigenvalue weighted by atomic mass is 35.5. The maximum Gasteiger partial charge on any atom is 0.226 e. The first-order chi connectivity index (χ1) is 11.6. The van der Waals surface area contributed by atoms with Gasteiger partial charge in [0.25, 0.3) is 0 Å². The molecule has 0 heterocycles. The van der Waals surface area contributed by atoms with E-state index in [1.807, 2.05) is 24.3 Å². The number of amides is 1. The van der Waals surface area contributed by atoms with Crippen molar-refractivity contribution in [3.05, 3.63) is 53.6 Å². The highest BCUT2D eigenvalue weighted by Crippen LogP contribution is 2.18. The number of carbonyl (C=O) groups excluding carboxylic acids is 1. The summed E-state index contributed by atoms with van der Waals surface area (Å²) >= 11 is 5.90. The van der Waals surface area contributed by atoms with Crippen LogP contribution in [-0.4, -0.2) is 25.5 Å². The number of hydrogen-bond acceptors (Lipinski definition) is 3. The normalized spacial score (nSPS) is 10.3. The summed E-state index contributed by atoms with van der Waals surface area (Å²) in [5, 5.41) is 6.72. The number of nitrogens with zero attached hydrogens (tertiary/aromatic N) is 1. The Labute approximate surface area is 148 Å². The van der Waals surface area contributed by atoms with Crippen LogP contribution in [0.2, 0.25) is 5.02 Å². The Morgan fingerprint density at radius 2 is 1.75 bits per heavy atom. The highest BCUT2D eigenvalue weighted by molar-refractivity contribution is 6.30. The Kier molecular flexibility index (Phi) is 6.94. The molecule has 2 rings (SSSR count). The van der Waals surface area contributed by atoms with Gasteiger partial charge >= 0.3 is 0 Å². The molecule has 0 aliphatic rings. The van der Waals surface area contributed by atoms with Crippen molar-refractivity contribution >= 4 is 34.6 Å². The van der Waals surface area contributed by atoms with Crippen LogP contribution in [0.4, 0.5) is 17.1 Å². The van der Waals surface area contributed by atoms with Crippen molar-refractivity contribution in [3.63, 3.8) is 0 Å². The van der Waals surface area contributed by atoms with E-state index < -0.39 is 0 Å². The molecular weight excluding hydrogens is 322 g/mol. The molecule has 2 aromatic rings. The molecule has 4 nitrogen and oxygen atoms in total. The first-order valence-corrected chi connectivity index (χ1v) is 8.64. The second kappa shape index (κ2) is 9.18. The quantitative estimate of drug-likeness (QED) is 0.733. The summed E-state index contributed by atoms with van der Waals surface area (Å²) in [4.78, 5) is 14.2. The van der Waals surface area contributed by atoms with E-state index in [9.17, 15) is 4.79 Å². The van der Waals surface area contributed by atoms with Crippen molar-refractivity contribution in [3.8, 4) is 0 Å². The van der Waals surface area contributed by atoms with Gasteiger partial charge in [-0.1, -0.05) is 17.7 Å². The Morgan fingerprint density at radius 3 is 2.38 bits per heavy atom. The van der Waals surface area contributed by atoms with Crippen LogP contribution in [0.1, 0.15) is 20.3 Å². The van der Waals surface area contributed by atoms with Crippen LogP contribution >= 0.6 is 11.6 Å². The molecule has 2 N–H and O–H groups in total. The molecule has 128 valence electrons. The molecule has 0 radical (unpaired) electrons. The van der Waals surface area contributed by atoms with Crippen LogP contribution in [0.25, 0.3) is 0 Å². The summed E-state index contributed by atoms with van der Waals surface area (Å²) in [6, 6.07) is 15.4. The average molecular weight is 346 g/mol. The Morgan fingerprint density at radius 1 is 1.04 bits per heavy atom. The van der Waals surface area contributed by atoms with Gasteiger partial charge in [-0.3, -0.25) is 4.79 Å². The molecule has 0 fully saturated rings. The van der Waals surface area contributed by atoms with Gasteiger partial charge in [0.05, 0.1) is 0 Å². The minimum atomic E-state index is -0.0375. The standard InChI is InChI=1S/C19H24ClN3O/c1-3-23(4-2)18-10-8-16(9-11-18)21-13-12-19(24)22-17-7-5-6-15(20)14-17/h5-11,14,21H,3-4,12-13H2,1-2H3,(H,22,24). The lowest BCUT2D eigenvalue weighted by atomic mass is 10.2. The summed E-state index contributed by atoms with van der Waals surface area (Å²) < 4.78 is 0. The van der Waals surface area contributed by atoms with E-state index in [0.29, 0.717) is 18.0 Å². The third-order valence-corrected chi connectivity index (χ3v) is 4.02. The summed E-state index contributed by atoms with van der Waals surface area (Å²) in [5.74, 6) is -0.0375. The fourth-order valence-corrected chi connectivity index (χ4v) is 2.68. The maximum absolute atomic E-state index is 11.9. The van der Waals surface area contributed by atoms with Gasteiger partial charge in [-0.25, -0.2) is 0 Å². The van der Waals surface area contributed by atoms with Crippen molar-refractivity contribution in [1.29, 1.82) is 0 Å². The SMILES string of the molecule is CCN(CC)c1ccc(NCCC(=O)Nc2cccc(Cl)c2)cc1. The molecule has 0 spiro atoms. The van der Waals surface area contributed by atoms with Crippen molar-refractivity contribution in [2.45, 2.75) is 20.3 Å². The van der Waals surface area contributed by atoms with Crippen molar-refractivity contribution in [2.24, 2.45) is 0 Å². The van der Waals surface area contributed by atoms with Crippen LogP contribution < -0.4 is 15.5 Å². The second-order valence-electron chi connectivity index (χ2n) is 5.45. The fraction of sp³-hybridized carbons (Fsp3) is 0.316. The summed E-state index contributed by atoms with van der Waals surface area (Å²) in [7, 11) is 0. The van der Waals surface area contributed by atoms with Gasteiger partial charge in [0, 0.05) is 48.1 Å². The Bertz CT molecular complexity index is 654. The third kappa shape index (κ3) is 5.46. The predicted octanol–water partition coefficient (Wildman–Crippen LogP) is 4.63. The zero-order valence-electron chi connectivity index (χ0n) is 14.2. The van der Waals surface area contributed by atoms with Crippen LogP contribution in [0.15, 0.2) is 48.5 Å². The largest absolute Gasteiger partial charge is 0.385 e. The van der Waals surface area contributed by atoms with Crippen molar-refractivity contribution in [2.75, 3.05) is 35.2 Å². The van der Waals surface area contributed by atoms with Gasteiger partial charge in [0.1, 0.15) is 0 Å². The van der Waals surface area contributed by atoms with Crippen LogP contribution in [0, 0.1) is 0 Å². The Hall–Kier alpha value is -2.20. The minimum absolute atomic E-state index is 0.0375. The molecule has 0 unspecified atom stereocenters. The number of rotatable bonds is 8. The number of anilines is 3. The van der Waals surface area contributed by atoms with E-state index in [0.717, 1.165) is 24.5 Å². The van der Waals surface area contributed by atoms with Gasteiger partial charge in [-0.05, 0) is 56.3 Å². The Balaban J connectivity index is 1.78. The molecule has 2 aromatic carbocycles. The van der Waals surface area contributed by atoms with Gasteiger partial charge < -0.3 is 15.5 Å². The first-order valence-electron chi connectivity index (χ1n) is 8.26. The van der Waals surface area contributed by atoms with Crippen LogP contribution in [0.5, 0.6) is 0 Å². The van der Waals surface area contributed by atoms with Gasteiger partial charge in [-0.15, -0.1) is 0 Å². The molecule has 0 atom stereocenters. The lowest BCUT2D eigenvalue weighted by molar-refractivity contribution is -0.115. The topological polar surface area (TPSA) is 44.4 Å². The predicted molar refractivity (Wildman–Crippen MR) is 103 cm³/mol. The van der Waals surface area contributed by atoms with Gasteiger partial charge in [0.2, 0.25) is 5.91 Å². The minimum Gasteiger partial charge on any atom is -0.385 e. The lowest BCUT2D eigenvalue weighted by Gasteiger charge is -2.21. The first kappa shape index (κ1) is 18.1. The zero-order valence-corrected chi connectivity index (χ0v) is 14.9. The second-order valence-corrected chi connectivity index (χ2v) is 5.89. The molecule has 0 bridgehead atoms. The number of hydrogen-bond donors (Lipinski definition) is 2. The van der Waals surface area contributed by atoms with Crippen LogP contribution in [0.3, 0.4) is 0 Å². The van der Waals surface area contributed by atoms with Gasteiger partial charge in [-0.2, -0.15) is 0 Å². The maximum atomic E-state index is 11.9. The molecule has 24 heavy (non-hydrogen) atoms.